The van der Waals surface area contributed by atoms with Gasteiger partial charge in [0.25, 0.3) is 0 Å². The molecule has 3 N–H and O–H groups in total. The van der Waals surface area contributed by atoms with Gasteiger partial charge in [-0.15, -0.1) is 0 Å². The van der Waals surface area contributed by atoms with Gasteiger partial charge in [0.15, 0.2) is 0 Å². The van der Waals surface area contributed by atoms with Gasteiger partial charge in [-0.2, -0.15) is 0 Å². The number of hydrogen-bond donors (Lipinski definition) is 2. The third-order valence-corrected chi connectivity index (χ3v) is 3.09. The minimum Gasteiger partial charge on any atom is -0.492 e. The van der Waals surface area contributed by atoms with Crippen LogP contribution in [0.15, 0.2) is 24.3 Å². The zero-order valence-electron chi connectivity index (χ0n) is 11.8. The quantitative estimate of drug-likeness (QED) is 0.756. The Balaban J connectivity index is 2.34. The molecule has 0 saturated carbocycles. The average molecular weight is 315 g/mol. The summed E-state index contributed by atoms with van der Waals surface area (Å²) in [6, 6.07) is 6.16. The van der Waals surface area contributed by atoms with Gasteiger partial charge >= 0.3 is 5.97 Å². The van der Waals surface area contributed by atoms with E-state index in [1.807, 2.05) is 0 Å². The van der Waals surface area contributed by atoms with Crippen molar-refractivity contribution in [3.05, 3.63) is 29.3 Å². The molecule has 7 heteroatoms. The van der Waals surface area contributed by atoms with Crippen molar-refractivity contribution in [2.75, 3.05) is 20.2 Å². The lowest BCUT2D eigenvalue weighted by Crippen LogP contribution is -2.43. The molecule has 6 nitrogen and oxygen atoms in total. The van der Waals surface area contributed by atoms with E-state index in [0.29, 0.717) is 23.9 Å². The maximum atomic E-state index is 11.9. The number of hydrogen-bond acceptors (Lipinski definition) is 4. The number of halogens is 1. The third-order valence-electron chi connectivity index (χ3n) is 2.85. The SMILES string of the molecule is CN(CCOc1cccc(Cl)c1)C(=O)C(N)CCC(=O)O. The second-order valence-electron chi connectivity index (χ2n) is 4.60. The number of carboxylic acids is 1. The molecule has 0 spiro atoms. The molecular weight excluding hydrogens is 296 g/mol. The number of nitrogens with two attached hydrogens (primary N) is 1. The molecular formula is C14H19ClN2O4. The highest BCUT2D eigenvalue weighted by atomic mass is 35.5. The van der Waals surface area contributed by atoms with E-state index in [4.69, 9.17) is 27.2 Å². The van der Waals surface area contributed by atoms with Crippen LogP contribution < -0.4 is 10.5 Å². The Morgan fingerprint density at radius 3 is 2.81 bits per heavy atom. The third kappa shape index (κ3) is 6.46. The molecule has 0 aliphatic heterocycles. The van der Waals surface area contributed by atoms with Gasteiger partial charge in [-0.1, -0.05) is 17.7 Å². The van der Waals surface area contributed by atoms with Crippen LogP contribution in [0.5, 0.6) is 5.75 Å². The average Bonchev–Trinajstić information content (AvgIpc) is 2.43. The molecule has 0 bridgehead atoms. The molecule has 21 heavy (non-hydrogen) atoms. The summed E-state index contributed by atoms with van der Waals surface area (Å²) in [4.78, 5) is 23.8. The summed E-state index contributed by atoms with van der Waals surface area (Å²) in [6.45, 7) is 0.653. The Bertz CT molecular complexity index is 496. The molecule has 1 amide bonds. The number of rotatable bonds is 8. The van der Waals surface area contributed by atoms with Crippen molar-refractivity contribution in [3.63, 3.8) is 0 Å². The first-order valence-electron chi connectivity index (χ1n) is 6.51. The Labute approximate surface area is 128 Å². The second-order valence-corrected chi connectivity index (χ2v) is 5.04. The molecule has 116 valence electrons. The number of benzene rings is 1. The molecule has 0 heterocycles. The summed E-state index contributed by atoms with van der Waals surface area (Å²) >= 11 is 5.83. The monoisotopic (exact) mass is 314 g/mol. The molecule has 0 radical (unpaired) electrons. The molecule has 1 rings (SSSR count). The smallest absolute Gasteiger partial charge is 0.303 e. The number of likely N-dealkylation sites (N-methyl/N-ethyl adjacent to an activating group) is 1. The molecule has 0 aliphatic rings. The Hall–Kier alpha value is -1.79. The van der Waals surface area contributed by atoms with Crippen LogP contribution in [0, 0.1) is 0 Å². The lowest BCUT2D eigenvalue weighted by atomic mass is 10.1. The van der Waals surface area contributed by atoms with Crippen LogP contribution in [-0.4, -0.2) is 48.1 Å². The van der Waals surface area contributed by atoms with Crippen LogP contribution in [0.25, 0.3) is 0 Å². The molecule has 0 aromatic heterocycles. The normalized spacial score (nSPS) is 11.8. The van der Waals surface area contributed by atoms with Crippen molar-refractivity contribution >= 4 is 23.5 Å². The van der Waals surface area contributed by atoms with Crippen LogP contribution in [0.2, 0.25) is 5.02 Å². The number of ether oxygens (including phenoxy) is 1. The minimum absolute atomic E-state index is 0.119. The van der Waals surface area contributed by atoms with Crippen LogP contribution in [0.1, 0.15) is 12.8 Å². The number of aliphatic carboxylic acids is 1. The highest BCUT2D eigenvalue weighted by Gasteiger charge is 2.18. The Morgan fingerprint density at radius 2 is 2.19 bits per heavy atom. The second kappa shape index (κ2) is 8.49. The van der Waals surface area contributed by atoms with E-state index in [1.54, 1.807) is 31.3 Å². The van der Waals surface area contributed by atoms with E-state index in [-0.39, 0.29) is 18.7 Å². The van der Waals surface area contributed by atoms with Crippen molar-refractivity contribution in [2.45, 2.75) is 18.9 Å². The van der Waals surface area contributed by atoms with Crippen LogP contribution in [0.4, 0.5) is 0 Å². The van der Waals surface area contributed by atoms with Crippen molar-refractivity contribution in [1.29, 1.82) is 0 Å². The molecule has 0 fully saturated rings. The summed E-state index contributed by atoms with van der Waals surface area (Å²) in [7, 11) is 1.60. The van der Waals surface area contributed by atoms with Gasteiger partial charge in [-0.3, -0.25) is 9.59 Å². The summed E-state index contributed by atoms with van der Waals surface area (Å²) in [6.07, 6.45) is -0.00653. The number of carbonyl (C=O) groups excluding carboxylic acids is 1. The van der Waals surface area contributed by atoms with Crippen molar-refractivity contribution in [3.8, 4) is 5.75 Å². The highest BCUT2D eigenvalue weighted by molar-refractivity contribution is 6.30. The van der Waals surface area contributed by atoms with Crippen LogP contribution in [-0.2, 0) is 9.59 Å². The molecule has 1 aromatic carbocycles. The first-order valence-corrected chi connectivity index (χ1v) is 6.88. The first-order chi connectivity index (χ1) is 9.90. The van der Waals surface area contributed by atoms with Gasteiger partial charge in [-0.25, -0.2) is 0 Å². The van der Waals surface area contributed by atoms with E-state index < -0.39 is 12.0 Å². The van der Waals surface area contributed by atoms with Crippen molar-refractivity contribution in [2.24, 2.45) is 5.73 Å². The van der Waals surface area contributed by atoms with Gasteiger partial charge in [0.05, 0.1) is 12.6 Å². The molecule has 1 aromatic rings. The van der Waals surface area contributed by atoms with E-state index in [1.165, 1.54) is 4.90 Å². The summed E-state index contributed by atoms with van der Waals surface area (Å²) in [5.74, 6) is -0.644. The summed E-state index contributed by atoms with van der Waals surface area (Å²) in [5, 5.41) is 9.14. The predicted octanol–water partition coefficient (Wildman–Crippen LogP) is 1.37. The Kier molecular flexibility index (Phi) is 6.98. The lowest BCUT2D eigenvalue weighted by molar-refractivity contribution is -0.137. The van der Waals surface area contributed by atoms with Gasteiger partial charge in [-0.05, 0) is 24.6 Å². The maximum absolute atomic E-state index is 11.9. The number of nitrogens with zero attached hydrogens (tertiary/aromatic N) is 1. The number of amides is 1. The molecule has 1 unspecified atom stereocenters. The standard InChI is InChI=1S/C14H19ClN2O4/c1-17(14(20)12(16)5-6-13(18)19)7-8-21-11-4-2-3-10(15)9-11/h2-4,9,12H,5-8,16H2,1H3,(H,18,19). The lowest BCUT2D eigenvalue weighted by Gasteiger charge is -2.21. The van der Waals surface area contributed by atoms with E-state index in [0.717, 1.165) is 0 Å². The maximum Gasteiger partial charge on any atom is 0.303 e. The van der Waals surface area contributed by atoms with Gasteiger partial charge in [0.1, 0.15) is 12.4 Å². The van der Waals surface area contributed by atoms with E-state index in [9.17, 15) is 9.59 Å². The molecule has 1 atom stereocenters. The van der Waals surface area contributed by atoms with Crippen LogP contribution >= 0.6 is 11.6 Å². The Morgan fingerprint density at radius 1 is 1.48 bits per heavy atom. The van der Waals surface area contributed by atoms with Gasteiger partial charge < -0.3 is 20.5 Å². The number of carbonyl (C=O) groups is 2. The summed E-state index contributed by atoms with van der Waals surface area (Å²) < 4.78 is 5.47. The van der Waals surface area contributed by atoms with Gasteiger partial charge in [0, 0.05) is 18.5 Å². The fraction of sp³-hybridized carbons (Fsp3) is 0.429. The topological polar surface area (TPSA) is 92.9 Å². The summed E-state index contributed by atoms with van der Waals surface area (Å²) in [5.41, 5.74) is 5.66. The zero-order valence-corrected chi connectivity index (χ0v) is 12.5. The number of carboxylic acid groups (broad SMARTS) is 1. The first kappa shape index (κ1) is 17.3. The van der Waals surface area contributed by atoms with E-state index in [2.05, 4.69) is 0 Å². The van der Waals surface area contributed by atoms with Gasteiger partial charge in [0.2, 0.25) is 5.91 Å². The zero-order chi connectivity index (χ0) is 15.8. The fourth-order valence-electron chi connectivity index (χ4n) is 1.65. The fourth-order valence-corrected chi connectivity index (χ4v) is 1.83. The van der Waals surface area contributed by atoms with Crippen molar-refractivity contribution in [1.82, 2.24) is 4.90 Å². The predicted molar refractivity (Wildman–Crippen MR) is 79.4 cm³/mol. The minimum atomic E-state index is -0.967. The largest absolute Gasteiger partial charge is 0.492 e. The van der Waals surface area contributed by atoms with Crippen molar-refractivity contribution < 1.29 is 19.4 Å². The van der Waals surface area contributed by atoms with Crippen LogP contribution in [0.3, 0.4) is 0 Å². The molecule has 0 aliphatic carbocycles. The highest BCUT2D eigenvalue weighted by Crippen LogP contribution is 2.16. The molecule has 0 saturated heterocycles. The van der Waals surface area contributed by atoms with E-state index >= 15 is 0 Å².